The van der Waals surface area contributed by atoms with Gasteiger partial charge in [0.2, 0.25) is 0 Å². The van der Waals surface area contributed by atoms with Crippen molar-refractivity contribution in [1.82, 2.24) is 15.3 Å². The molecule has 0 bridgehead atoms. The molecular formula is C32H23Cl3N4O3. The van der Waals surface area contributed by atoms with Gasteiger partial charge >= 0.3 is 5.97 Å². The molecule has 3 aromatic carbocycles. The fraction of sp³-hybridized carbons (Fsp3) is 0.188. The number of esters is 1. The number of amides is 1. The van der Waals surface area contributed by atoms with E-state index >= 15 is 0 Å². The molecule has 5 aromatic rings. The molecule has 10 heteroatoms. The highest BCUT2D eigenvalue weighted by atomic mass is 35.5. The summed E-state index contributed by atoms with van der Waals surface area (Å²) in [7, 11) is 1.27. The van der Waals surface area contributed by atoms with Crippen LogP contribution >= 0.6 is 34.8 Å². The summed E-state index contributed by atoms with van der Waals surface area (Å²) < 4.78 is 5.05. The molecule has 1 amide bonds. The number of carbonyl (C=O) groups excluding carboxylic acids is 2. The van der Waals surface area contributed by atoms with Crippen LogP contribution in [0.2, 0.25) is 15.1 Å². The number of fused-ring (bicyclic) bond motifs is 2. The Bertz CT molecular complexity index is 1940. The fourth-order valence-corrected chi connectivity index (χ4v) is 6.23. The summed E-state index contributed by atoms with van der Waals surface area (Å²) in [5.41, 5.74) is 5.28. The smallest absolute Gasteiger partial charge is 0.328 e. The van der Waals surface area contributed by atoms with Crippen molar-refractivity contribution in [3.05, 3.63) is 98.2 Å². The summed E-state index contributed by atoms with van der Waals surface area (Å²) in [6.45, 7) is 0. The molecule has 6 rings (SSSR count). The van der Waals surface area contributed by atoms with Gasteiger partial charge in [0.1, 0.15) is 6.04 Å². The van der Waals surface area contributed by atoms with E-state index in [2.05, 4.69) is 21.4 Å². The number of ether oxygens (including phenoxy) is 1. The monoisotopic (exact) mass is 616 g/mol. The molecule has 42 heavy (non-hydrogen) atoms. The van der Waals surface area contributed by atoms with Gasteiger partial charge in [0.25, 0.3) is 5.91 Å². The molecule has 0 spiro atoms. The Labute approximate surface area is 256 Å². The number of carbonyl (C=O) groups is 2. The van der Waals surface area contributed by atoms with Crippen molar-refractivity contribution in [1.29, 1.82) is 5.26 Å². The normalized spacial score (nSPS) is 13.6. The van der Waals surface area contributed by atoms with Gasteiger partial charge in [0.15, 0.2) is 0 Å². The van der Waals surface area contributed by atoms with Crippen LogP contribution in [0, 0.1) is 11.3 Å². The minimum atomic E-state index is -1.04. The van der Waals surface area contributed by atoms with Crippen molar-refractivity contribution in [2.24, 2.45) is 0 Å². The lowest BCUT2D eigenvalue weighted by molar-refractivity contribution is -0.142. The number of benzene rings is 3. The first kappa shape index (κ1) is 28.0. The summed E-state index contributed by atoms with van der Waals surface area (Å²) in [5.74, 6) is -0.734. The number of nitrogens with one attached hydrogen (secondary N) is 2. The molecule has 1 aliphatic carbocycles. The average Bonchev–Trinajstić information content (AvgIpc) is 3.75. The minimum absolute atomic E-state index is 0.0958. The molecule has 1 atom stereocenters. The van der Waals surface area contributed by atoms with Crippen LogP contribution in [0.5, 0.6) is 0 Å². The zero-order valence-corrected chi connectivity index (χ0v) is 24.6. The third-order valence-electron chi connectivity index (χ3n) is 7.54. The van der Waals surface area contributed by atoms with Crippen LogP contribution in [-0.2, 0) is 16.0 Å². The first-order chi connectivity index (χ1) is 20.3. The van der Waals surface area contributed by atoms with Crippen molar-refractivity contribution in [3.63, 3.8) is 0 Å². The lowest BCUT2D eigenvalue weighted by Crippen LogP contribution is -2.43. The van der Waals surface area contributed by atoms with Crippen molar-refractivity contribution >= 4 is 68.5 Å². The predicted molar refractivity (Wildman–Crippen MR) is 164 cm³/mol. The van der Waals surface area contributed by atoms with Crippen LogP contribution in [0.4, 0.5) is 0 Å². The van der Waals surface area contributed by atoms with Crippen molar-refractivity contribution in [2.45, 2.75) is 31.2 Å². The van der Waals surface area contributed by atoms with Gasteiger partial charge in [-0.05, 0) is 54.7 Å². The number of nitriles is 1. The van der Waals surface area contributed by atoms with Gasteiger partial charge < -0.3 is 15.0 Å². The number of H-pyrrole nitrogens is 1. The number of pyridine rings is 1. The van der Waals surface area contributed by atoms with Crippen molar-refractivity contribution in [2.75, 3.05) is 7.11 Å². The summed E-state index contributed by atoms with van der Waals surface area (Å²) in [6, 6.07) is 17.2. The Morgan fingerprint density at radius 1 is 1.07 bits per heavy atom. The van der Waals surface area contributed by atoms with Crippen LogP contribution in [0.15, 0.2) is 60.8 Å². The number of aromatic nitrogens is 2. The second kappa shape index (κ2) is 11.3. The van der Waals surface area contributed by atoms with Gasteiger partial charge in [-0.3, -0.25) is 9.78 Å². The van der Waals surface area contributed by atoms with E-state index < -0.39 is 17.9 Å². The maximum atomic E-state index is 13.5. The lowest BCUT2D eigenvalue weighted by atomic mass is 9.94. The van der Waals surface area contributed by atoms with E-state index in [0.29, 0.717) is 27.4 Å². The molecule has 1 fully saturated rings. The van der Waals surface area contributed by atoms with E-state index in [1.165, 1.54) is 7.11 Å². The number of rotatable bonds is 7. The minimum Gasteiger partial charge on any atom is -0.467 e. The Morgan fingerprint density at radius 2 is 1.86 bits per heavy atom. The van der Waals surface area contributed by atoms with Gasteiger partial charge in [0, 0.05) is 50.8 Å². The van der Waals surface area contributed by atoms with E-state index in [0.717, 1.165) is 46.1 Å². The Morgan fingerprint density at radius 3 is 2.57 bits per heavy atom. The van der Waals surface area contributed by atoms with E-state index in [9.17, 15) is 14.9 Å². The topological polar surface area (TPSA) is 108 Å². The largest absolute Gasteiger partial charge is 0.467 e. The van der Waals surface area contributed by atoms with Gasteiger partial charge in [-0.1, -0.05) is 59.1 Å². The standard InChI is InChI=1S/C32H23Cl3N4O3/c1-42-32(41)27(39-31(40)28-24(34)14-26-22(29(28)35)13-25(38-26)17-5-6-17)12-18-7-9-21(30-19(18)3-2-10-37-30)20-8-4-16(15-36)11-23(20)33/h2-4,7-11,13-14,17,27,38H,5-6,12H2,1H3,(H,39,40)/t27-/m0/s1. The van der Waals surface area contributed by atoms with Gasteiger partial charge in [0.05, 0.1) is 39.9 Å². The molecular weight excluding hydrogens is 595 g/mol. The third-order valence-corrected chi connectivity index (χ3v) is 8.55. The molecule has 7 nitrogen and oxygen atoms in total. The van der Waals surface area contributed by atoms with Crippen LogP contribution < -0.4 is 5.32 Å². The molecule has 0 aliphatic heterocycles. The highest BCUT2D eigenvalue weighted by molar-refractivity contribution is 6.43. The number of methoxy groups -OCH3 is 1. The van der Waals surface area contributed by atoms with E-state index in [-0.39, 0.29) is 22.0 Å². The summed E-state index contributed by atoms with van der Waals surface area (Å²) in [5, 5.41) is 14.3. The Balaban J connectivity index is 1.34. The van der Waals surface area contributed by atoms with E-state index in [1.54, 1.807) is 36.5 Å². The molecule has 210 valence electrons. The van der Waals surface area contributed by atoms with Gasteiger partial charge in [-0.2, -0.15) is 5.26 Å². The molecule has 0 unspecified atom stereocenters. The molecule has 2 heterocycles. The Kier molecular flexibility index (Phi) is 7.54. The Hall–Kier alpha value is -4.09. The number of halogens is 3. The predicted octanol–water partition coefficient (Wildman–Crippen LogP) is 7.61. The zero-order valence-electron chi connectivity index (χ0n) is 22.3. The summed E-state index contributed by atoms with van der Waals surface area (Å²) in [4.78, 5) is 34.4. The van der Waals surface area contributed by atoms with Crippen LogP contribution in [0.1, 0.15) is 45.9 Å². The fourth-order valence-electron chi connectivity index (χ4n) is 5.26. The number of hydrogen-bond donors (Lipinski definition) is 2. The van der Waals surface area contributed by atoms with E-state index in [1.807, 2.05) is 24.3 Å². The molecule has 1 aliphatic rings. The number of aromatic amines is 1. The summed E-state index contributed by atoms with van der Waals surface area (Å²) >= 11 is 19.8. The second-order valence-corrected chi connectivity index (χ2v) is 11.4. The van der Waals surface area contributed by atoms with Crippen LogP contribution in [0.3, 0.4) is 0 Å². The average molecular weight is 618 g/mol. The van der Waals surface area contributed by atoms with Crippen molar-refractivity contribution in [3.8, 4) is 17.2 Å². The van der Waals surface area contributed by atoms with Gasteiger partial charge in [-0.15, -0.1) is 0 Å². The maximum absolute atomic E-state index is 13.5. The summed E-state index contributed by atoms with van der Waals surface area (Å²) in [6.07, 6.45) is 4.01. The number of nitrogens with zero attached hydrogens (tertiary/aromatic N) is 2. The first-order valence-corrected chi connectivity index (χ1v) is 14.4. The number of hydrogen-bond acceptors (Lipinski definition) is 5. The quantitative estimate of drug-likeness (QED) is 0.183. The second-order valence-electron chi connectivity index (χ2n) is 10.2. The highest BCUT2D eigenvalue weighted by Gasteiger charge is 2.29. The molecule has 0 radical (unpaired) electrons. The SMILES string of the molecule is COC(=O)[C@H](Cc1ccc(-c2ccc(C#N)cc2Cl)c2ncccc12)NC(=O)c1c(Cl)cc2[nH]c(C3CC3)cc2c1Cl. The molecule has 0 saturated heterocycles. The van der Waals surface area contributed by atoms with Gasteiger partial charge in [-0.25, -0.2) is 4.79 Å². The third kappa shape index (κ3) is 5.18. The molecule has 1 saturated carbocycles. The molecule has 2 aromatic heterocycles. The van der Waals surface area contributed by atoms with Crippen LogP contribution in [-0.4, -0.2) is 35.0 Å². The lowest BCUT2D eigenvalue weighted by Gasteiger charge is -2.19. The first-order valence-electron chi connectivity index (χ1n) is 13.2. The zero-order chi connectivity index (χ0) is 29.5. The molecule has 2 N–H and O–H groups in total. The highest BCUT2D eigenvalue weighted by Crippen LogP contribution is 2.43. The maximum Gasteiger partial charge on any atom is 0.328 e. The van der Waals surface area contributed by atoms with E-state index in [4.69, 9.17) is 39.5 Å². The van der Waals surface area contributed by atoms with Crippen LogP contribution in [0.25, 0.3) is 32.9 Å². The van der Waals surface area contributed by atoms with Crippen molar-refractivity contribution < 1.29 is 14.3 Å².